The minimum absolute atomic E-state index is 0.124. The third-order valence-corrected chi connectivity index (χ3v) is 3.65. The van der Waals surface area contributed by atoms with Crippen LogP contribution in [-0.4, -0.2) is 25.2 Å². The van der Waals surface area contributed by atoms with Crippen molar-refractivity contribution in [1.29, 1.82) is 0 Å². The second kappa shape index (κ2) is 7.36. The summed E-state index contributed by atoms with van der Waals surface area (Å²) in [4.78, 5) is 16.6. The molecular formula is C14H17N6O2S+. The second-order valence-corrected chi connectivity index (χ2v) is 5.30. The highest BCUT2D eigenvalue weighted by Gasteiger charge is 2.25. The van der Waals surface area contributed by atoms with Crippen molar-refractivity contribution in [3.8, 4) is 5.75 Å². The van der Waals surface area contributed by atoms with Crippen LogP contribution in [0.1, 0.15) is 12.6 Å². The van der Waals surface area contributed by atoms with Crippen LogP contribution in [-0.2, 0) is 4.79 Å². The summed E-state index contributed by atoms with van der Waals surface area (Å²) >= 11 is 1.37. The summed E-state index contributed by atoms with van der Waals surface area (Å²) in [7, 11) is 1.59. The van der Waals surface area contributed by atoms with Gasteiger partial charge >= 0.3 is 11.0 Å². The Bertz CT molecular complexity index is 734. The van der Waals surface area contributed by atoms with Gasteiger partial charge in [0.2, 0.25) is 5.96 Å². The van der Waals surface area contributed by atoms with Gasteiger partial charge in [-0.05, 0) is 24.3 Å². The third-order valence-electron chi connectivity index (χ3n) is 2.77. The fourth-order valence-electron chi connectivity index (χ4n) is 1.80. The average Bonchev–Trinajstić information content (AvgIpc) is 2.96. The maximum Gasteiger partial charge on any atom is 0.347 e. The number of nitrogens with one attached hydrogen (secondary N) is 1. The molecule has 9 heteroatoms. The minimum Gasteiger partial charge on any atom is -0.497 e. The molecule has 1 amide bonds. The van der Waals surface area contributed by atoms with Crippen molar-refractivity contribution in [3.63, 3.8) is 0 Å². The van der Waals surface area contributed by atoms with E-state index in [1.54, 1.807) is 41.7 Å². The summed E-state index contributed by atoms with van der Waals surface area (Å²) in [5, 5.41) is 9.69. The van der Waals surface area contributed by atoms with Crippen molar-refractivity contribution in [1.82, 2.24) is 0 Å². The number of carbonyl (C=O) groups excluding carboxylic acids is 1. The molecule has 0 saturated carbocycles. The van der Waals surface area contributed by atoms with E-state index in [-0.39, 0.29) is 11.9 Å². The zero-order valence-corrected chi connectivity index (χ0v) is 13.5. The highest BCUT2D eigenvalue weighted by Crippen LogP contribution is 2.27. The summed E-state index contributed by atoms with van der Waals surface area (Å²) in [5.74, 6) is 0.471. The Hall–Kier alpha value is -2.94. The maximum atomic E-state index is 12.0. The van der Waals surface area contributed by atoms with Gasteiger partial charge in [-0.15, -0.1) is 5.10 Å². The number of anilines is 2. The lowest BCUT2D eigenvalue weighted by atomic mass is 10.3. The van der Waals surface area contributed by atoms with Crippen LogP contribution in [0.15, 0.2) is 39.8 Å². The Morgan fingerprint density at radius 2 is 2.04 bits per heavy atom. The number of ether oxygens (including phenoxy) is 1. The van der Waals surface area contributed by atoms with Gasteiger partial charge in [0.05, 0.1) is 13.3 Å². The molecule has 1 heterocycles. The Labute approximate surface area is 137 Å². The molecule has 23 heavy (non-hydrogen) atoms. The van der Waals surface area contributed by atoms with Crippen LogP contribution >= 0.6 is 11.3 Å². The van der Waals surface area contributed by atoms with Crippen LogP contribution in [0.2, 0.25) is 0 Å². The number of nitrogens with two attached hydrogens (primary N) is 2. The zero-order chi connectivity index (χ0) is 16.8. The van der Waals surface area contributed by atoms with E-state index in [0.717, 1.165) is 11.4 Å². The molecule has 0 bridgehead atoms. The average molecular weight is 333 g/mol. The molecule has 0 aliphatic heterocycles. The van der Waals surface area contributed by atoms with Gasteiger partial charge < -0.3 is 16.2 Å². The third kappa shape index (κ3) is 4.27. The van der Waals surface area contributed by atoms with E-state index >= 15 is 0 Å². The molecule has 2 aromatic rings. The van der Waals surface area contributed by atoms with E-state index in [0.29, 0.717) is 10.8 Å². The summed E-state index contributed by atoms with van der Waals surface area (Å²) < 4.78 is 5.12. The first-order valence-corrected chi connectivity index (χ1v) is 7.46. The van der Waals surface area contributed by atoms with Gasteiger partial charge in [0.25, 0.3) is 0 Å². The number of carbonyl (C=O) groups is 1. The Balaban J connectivity index is 2.28. The first kappa shape index (κ1) is 16.4. The molecule has 0 aliphatic rings. The largest absolute Gasteiger partial charge is 0.497 e. The second-order valence-electron chi connectivity index (χ2n) is 4.44. The molecule has 5 N–H and O–H groups in total. The molecule has 120 valence electrons. The van der Waals surface area contributed by atoms with Crippen LogP contribution in [0.25, 0.3) is 0 Å². The molecule has 0 spiro atoms. The number of nitrogens with zero attached hydrogens (tertiary/aromatic N) is 3. The summed E-state index contributed by atoms with van der Waals surface area (Å²) in [6, 6.07) is 7.20. The number of rotatable bonds is 5. The predicted molar refractivity (Wildman–Crippen MR) is 90.1 cm³/mol. The Kier molecular flexibility index (Phi) is 5.26. The number of thiazole rings is 1. The molecule has 0 aliphatic carbocycles. The van der Waals surface area contributed by atoms with Crippen molar-refractivity contribution >= 4 is 40.2 Å². The summed E-state index contributed by atoms with van der Waals surface area (Å²) in [6.07, 6.45) is 1.46. The first-order chi connectivity index (χ1) is 11.0. The van der Waals surface area contributed by atoms with Crippen LogP contribution in [0.4, 0.5) is 10.8 Å². The molecule has 2 rings (SSSR count). The summed E-state index contributed by atoms with van der Waals surface area (Å²) in [5.41, 5.74) is 11.8. The predicted octanol–water partition coefficient (Wildman–Crippen LogP) is 0.863. The Morgan fingerprint density at radius 3 is 2.61 bits per heavy atom. The van der Waals surface area contributed by atoms with Crippen molar-refractivity contribution in [2.24, 2.45) is 21.7 Å². The molecule has 1 aromatic heterocycles. The van der Waals surface area contributed by atoms with Crippen LogP contribution in [0.5, 0.6) is 5.75 Å². The van der Waals surface area contributed by atoms with Gasteiger partial charge in [0.15, 0.2) is 5.69 Å². The van der Waals surface area contributed by atoms with E-state index in [1.165, 1.54) is 24.5 Å². The van der Waals surface area contributed by atoms with Gasteiger partial charge in [-0.25, -0.2) is 9.78 Å². The molecule has 0 fully saturated rings. The molecule has 0 unspecified atom stereocenters. The number of hydrogen-bond donors (Lipinski definition) is 2. The van der Waals surface area contributed by atoms with E-state index in [9.17, 15) is 4.79 Å². The number of H-pyrrole nitrogens is 1. The van der Waals surface area contributed by atoms with Crippen molar-refractivity contribution in [2.75, 3.05) is 12.0 Å². The number of guanidine groups is 1. The van der Waals surface area contributed by atoms with Gasteiger partial charge in [-0.1, -0.05) is 11.3 Å². The number of aromatic amines is 1. The van der Waals surface area contributed by atoms with Crippen LogP contribution < -0.4 is 26.1 Å². The van der Waals surface area contributed by atoms with Crippen molar-refractivity contribution in [3.05, 3.63) is 35.3 Å². The maximum absolute atomic E-state index is 12.0. The normalized spacial score (nSPS) is 10.5. The Morgan fingerprint density at radius 1 is 1.35 bits per heavy atom. The lowest BCUT2D eigenvalue weighted by Gasteiger charge is -2.10. The van der Waals surface area contributed by atoms with E-state index in [2.05, 4.69) is 15.2 Å². The topological polar surface area (TPSA) is 120 Å². The highest BCUT2D eigenvalue weighted by molar-refractivity contribution is 7.13. The number of hydrogen-bond acceptors (Lipinski definition) is 5. The van der Waals surface area contributed by atoms with Crippen molar-refractivity contribution in [2.45, 2.75) is 6.92 Å². The zero-order valence-electron chi connectivity index (χ0n) is 12.7. The monoisotopic (exact) mass is 333 g/mol. The molecule has 1 aromatic carbocycles. The summed E-state index contributed by atoms with van der Waals surface area (Å²) in [6.45, 7) is 1.49. The van der Waals surface area contributed by atoms with Gasteiger partial charge in [-0.2, -0.15) is 10.0 Å². The van der Waals surface area contributed by atoms with Crippen LogP contribution in [0, 0.1) is 0 Å². The number of benzene rings is 1. The molecule has 0 radical (unpaired) electrons. The molecule has 0 saturated heterocycles. The SMILES string of the molecule is COc1ccc(N(C(C)=O)c2[nH+]c(/C=N/N=C(N)N)cs2)cc1. The van der Waals surface area contributed by atoms with Gasteiger partial charge in [-0.3, -0.25) is 0 Å². The lowest BCUT2D eigenvalue weighted by molar-refractivity contribution is -0.357. The van der Waals surface area contributed by atoms with Crippen LogP contribution in [0.3, 0.4) is 0 Å². The number of methoxy groups -OCH3 is 1. The van der Waals surface area contributed by atoms with Gasteiger partial charge in [0, 0.05) is 12.3 Å². The standard InChI is InChI=1S/C14H16N6O2S/c1-9(21)20(11-3-5-12(22-2)6-4-11)14-18-10(8-23-14)7-17-19-13(15)16/h3-8H,1-2H3,(H4,15,16,19)/p+1/b17-7+. The van der Waals surface area contributed by atoms with E-state index in [1.807, 2.05) is 0 Å². The lowest BCUT2D eigenvalue weighted by Crippen LogP contribution is -2.27. The van der Waals surface area contributed by atoms with E-state index in [4.69, 9.17) is 16.2 Å². The first-order valence-electron chi connectivity index (χ1n) is 6.59. The molecular weight excluding hydrogens is 316 g/mol. The highest BCUT2D eigenvalue weighted by atomic mass is 32.1. The molecule has 0 atom stereocenters. The minimum atomic E-state index is -0.125. The fraction of sp³-hybridized carbons (Fsp3) is 0.143. The van der Waals surface area contributed by atoms with E-state index < -0.39 is 0 Å². The quantitative estimate of drug-likeness (QED) is 0.479. The van der Waals surface area contributed by atoms with Gasteiger partial charge in [0.1, 0.15) is 11.4 Å². The smallest absolute Gasteiger partial charge is 0.347 e. The number of aromatic nitrogens is 1. The fourth-order valence-corrected chi connectivity index (χ4v) is 2.68. The molecule has 8 nitrogen and oxygen atoms in total. The number of amides is 1. The van der Waals surface area contributed by atoms with Crippen molar-refractivity contribution < 1.29 is 14.5 Å².